The van der Waals surface area contributed by atoms with Crippen LogP contribution in [0.3, 0.4) is 0 Å². The summed E-state index contributed by atoms with van der Waals surface area (Å²) in [5, 5.41) is 2.75. The summed E-state index contributed by atoms with van der Waals surface area (Å²) in [5.41, 5.74) is -1.25. The highest BCUT2D eigenvalue weighted by atomic mass is 19.4. The van der Waals surface area contributed by atoms with Crippen molar-refractivity contribution >= 4 is 12.0 Å². The van der Waals surface area contributed by atoms with Crippen LogP contribution in [0.1, 0.15) is 42.7 Å². The van der Waals surface area contributed by atoms with Crippen molar-refractivity contribution < 1.29 is 36.6 Å². The number of hydrogen-bond acceptors (Lipinski definition) is 4. The molecule has 31 heavy (non-hydrogen) atoms. The third-order valence-electron chi connectivity index (χ3n) is 6.64. The Hall–Kier alpha value is -2.52. The van der Waals surface area contributed by atoms with Gasteiger partial charge in [0.25, 0.3) is 0 Å². The molecule has 2 saturated carbocycles. The van der Waals surface area contributed by atoms with Crippen molar-refractivity contribution in [2.45, 2.75) is 43.3 Å². The highest BCUT2D eigenvalue weighted by Crippen LogP contribution is 2.47. The van der Waals surface area contributed by atoms with Crippen molar-refractivity contribution in [1.29, 1.82) is 0 Å². The second-order valence-corrected chi connectivity index (χ2v) is 9.15. The highest BCUT2D eigenvalue weighted by Gasteiger charge is 2.54. The van der Waals surface area contributed by atoms with E-state index >= 15 is 0 Å². The van der Waals surface area contributed by atoms with Gasteiger partial charge in [-0.1, -0.05) is 0 Å². The Balaban J connectivity index is 1.13. The molecule has 2 amide bonds. The van der Waals surface area contributed by atoms with Crippen LogP contribution >= 0.6 is 0 Å². The quantitative estimate of drug-likeness (QED) is 0.710. The first-order chi connectivity index (χ1) is 14.6. The zero-order valence-electron chi connectivity index (χ0n) is 16.6. The molecule has 2 aliphatic heterocycles. The maximum absolute atomic E-state index is 14.2. The van der Waals surface area contributed by atoms with Crippen LogP contribution < -0.4 is 10.1 Å². The summed E-state index contributed by atoms with van der Waals surface area (Å²) in [6, 6.07) is 1.71. The summed E-state index contributed by atoms with van der Waals surface area (Å²) in [6.07, 6.45) is -2.63. The summed E-state index contributed by atoms with van der Waals surface area (Å²) in [5.74, 6) is -1.53. The fourth-order valence-electron chi connectivity index (χ4n) is 4.75. The molecular weight excluding hydrogens is 420 g/mol. The molecule has 2 saturated heterocycles. The zero-order chi connectivity index (χ0) is 22.0. The van der Waals surface area contributed by atoms with Crippen LogP contribution in [0.15, 0.2) is 12.1 Å². The molecule has 1 aromatic rings. The highest BCUT2D eigenvalue weighted by molar-refractivity contribution is 5.82. The summed E-state index contributed by atoms with van der Waals surface area (Å²) in [6.45, 7) is 1.34. The fraction of sp³-hybridized carbons (Fsp3) is 0.619. The molecule has 1 aromatic carbocycles. The molecule has 6 nitrogen and oxygen atoms in total. The smallest absolute Gasteiger partial charge is 0.416 e. The van der Waals surface area contributed by atoms with Gasteiger partial charge in [-0.15, -0.1) is 0 Å². The Kier molecular flexibility index (Phi) is 4.60. The molecule has 168 valence electrons. The van der Waals surface area contributed by atoms with Gasteiger partial charge in [-0.25, -0.2) is 9.18 Å². The first-order valence-corrected chi connectivity index (χ1v) is 10.4. The largest absolute Gasteiger partial charge is 0.490 e. The van der Waals surface area contributed by atoms with Crippen LogP contribution in [0.2, 0.25) is 0 Å². The molecule has 0 bridgehead atoms. The van der Waals surface area contributed by atoms with Crippen LogP contribution in [0.25, 0.3) is 0 Å². The van der Waals surface area contributed by atoms with Crippen molar-refractivity contribution in [2.24, 2.45) is 11.8 Å². The minimum Gasteiger partial charge on any atom is -0.490 e. The van der Waals surface area contributed by atoms with Crippen molar-refractivity contribution in [1.82, 2.24) is 10.2 Å². The van der Waals surface area contributed by atoms with E-state index in [2.05, 4.69) is 5.32 Å². The summed E-state index contributed by atoms with van der Waals surface area (Å²) >= 11 is 0. The summed E-state index contributed by atoms with van der Waals surface area (Å²) < 4.78 is 64.2. The molecule has 0 radical (unpaired) electrons. The lowest BCUT2D eigenvalue weighted by Crippen LogP contribution is -2.61. The lowest BCUT2D eigenvalue weighted by Gasteiger charge is -2.47. The van der Waals surface area contributed by atoms with E-state index < -0.39 is 29.2 Å². The first kappa shape index (κ1) is 20.4. The number of likely N-dealkylation sites (tertiary alicyclic amines) is 1. The van der Waals surface area contributed by atoms with Gasteiger partial charge in [0.2, 0.25) is 5.91 Å². The van der Waals surface area contributed by atoms with E-state index in [-0.39, 0.29) is 48.2 Å². The van der Waals surface area contributed by atoms with Crippen LogP contribution in [0, 0.1) is 17.7 Å². The maximum Gasteiger partial charge on any atom is 0.416 e. The molecule has 4 fully saturated rings. The maximum atomic E-state index is 14.2. The van der Waals surface area contributed by atoms with Gasteiger partial charge >= 0.3 is 12.3 Å². The molecule has 1 spiro atoms. The molecule has 0 unspecified atom stereocenters. The number of benzene rings is 1. The molecule has 0 atom stereocenters. The Bertz CT molecular complexity index is 919. The van der Waals surface area contributed by atoms with Gasteiger partial charge in [0.1, 0.15) is 6.61 Å². The van der Waals surface area contributed by atoms with Gasteiger partial charge in [0, 0.05) is 24.9 Å². The predicted octanol–water partition coefficient (Wildman–Crippen LogP) is 3.45. The number of amides is 2. The Morgan fingerprint density at radius 1 is 1.26 bits per heavy atom. The minimum atomic E-state index is -4.60. The standard InChI is InChI=1S/C21H22F4N2O4/c22-16-4-15(21(23,24)25)14(12-1-2-12)3-17(16)30-9-11-7-27(8-11)18(28)13-5-20(6-13)10-31-19(29)26-20/h3-4,11-13H,1-2,5-10H2,(H,26,29)/t13-,20-. The van der Waals surface area contributed by atoms with Gasteiger partial charge in [-0.2, -0.15) is 13.2 Å². The number of carbonyl (C=O) groups excluding carboxylic acids is 2. The number of ether oxygens (including phenoxy) is 2. The van der Waals surface area contributed by atoms with Crippen molar-refractivity contribution in [3.8, 4) is 5.75 Å². The zero-order valence-corrected chi connectivity index (χ0v) is 16.6. The van der Waals surface area contributed by atoms with Crippen LogP contribution in [-0.2, 0) is 15.7 Å². The number of rotatable bonds is 5. The molecular formula is C21H22F4N2O4. The van der Waals surface area contributed by atoms with E-state index in [9.17, 15) is 27.2 Å². The second kappa shape index (κ2) is 7.00. The first-order valence-electron chi connectivity index (χ1n) is 10.4. The number of hydrogen-bond donors (Lipinski definition) is 1. The van der Waals surface area contributed by atoms with E-state index in [0.29, 0.717) is 44.8 Å². The number of alkyl halides is 3. The van der Waals surface area contributed by atoms with Crippen LogP contribution in [-0.4, -0.2) is 48.7 Å². The lowest BCUT2D eigenvalue weighted by molar-refractivity contribution is -0.148. The van der Waals surface area contributed by atoms with Gasteiger partial charge in [0.15, 0.2) is 11.6 Å². The SMILES string of the molecule is O=C1N[C@]2(CO1)C[C@@H](C(=O)N1CC(COc3cc(C4CC4)c(C(F)(F)F)cc3F)C1)C2. The Morgan fingerprint density at radius 2 is 1.97 bits per heavy atom. The van der Waals surface area contributed by atoms with Crippen LogP contribution in [0.4, 0.5) is 22.4 Å². The van der Waals surface area contributed by atoms with E-state index in [4.69, 9.17) is 9.47 Å². The van der Waals surface area contributed by atoms with Gasteiger partial charge in [-0.05, 0) is 49.3 Å². The number of nitrogens with zero attached hydrogens (tertiary/aromatic N) is 1. The minimum absolute atomic E-state index is 0.00132. The van der Waals surface area contributed by atoms with Gasteiger partial charge < -0.3 is 19.7 Å². The number of carbonyl (C=O) groups is 2. The second-order valence-electron chi connectivity index (χ2n) is 9.15. The van der Waals surface area contributed by atoms with E-state index in [1.54, 1.807) is 4.90 Å². The molecule has 2 heterocycles. The van der Waals surface area contributed by atoms with Crippen molar-refractivity contribution in [3.63, 3.8) is 0 Å². The van der Waals surface area contributed by atoms with Crippen molar-refractivity contribution in [3.05, 3.63) is 29.1 Å². The third kappa shape index (κ3) is 3.80. The molecule has 2 aliphatic carbocycles. The molecule has 1 N–H and O–H groups in total. The average Bonchev–Trinajstić information content (AvgIpc) is 3.40. The summed E-state index contributed by atoms with van der Waals surface area (Å²) in [7, 11) is 0. The topological polar surface area (TPSA) is 67.9 Å². The molecule has 10 heteroatoms. The third-order valence-corrected chi connectivity index (χ3v) is 6.64. The van der Waals surface area contributed by atoms with E-state index in [1.165, 1.54) is 6.07 Å². The number of halogens is 4. The summed E-state index contributed by atoms with van der Waals surface area (Å²) in [4.78, 5) is 25.4. The number of nitrogens with one attached hydrogen (secondary N) is 1. The Labute approximate surface area is 175 Å². The predicted molar refractivity (Wildman–Crippen MR) is 98.9 cm³/mol. The normalized spacial score (nSPS) is 28.1. The van der Waals surface area contributed by atoms with Gasteiger partial charge in [0.05, 0.1) is 17.7 Å². The average molecular weight is 442 g/mol. The monoisotopic (exact) mass is 442 g/mol. The number of cyclic esters (lactones) is 1. The van der Waals surface area contributed by atoms with Crippen LogP contribution in [0.5, 0.6) is 5.75 Å². The van der Waals surface area contributed by atoms with E-state index in [0.717, 1.165) is 0 Å². The Morgan fingerprint density at radius 3 is 2.55 bits per heavy atom. The number of alkyl carbamates (subject to hydrolysis) is 1. The molecule has 5 rings (SSSR count). The lowest BCUT2D eigenvalue weighted by atomic mass is 9.68. The van der Waals surface area contributed by atoms with E-state index in [1.807, 2.05) is 0 Å². The fourth-order valence-corrected chi connectivity index (χ4v) is 4.75. The molecule has 0 aromatic heterocycles. The van der Waals surface area contributed by atoms with Crippen molar-refractivity contribution in [2.75, 3.05) is 26.3 Å². The van der Waals surface area contributed by atoms with Gasteiger partial charge in [-0.3, -0.25) is 4.79 Å². The molecule has 4 aliphatic rings.